The summed E-state index contributed by atoms with van der Waals surface area (Å²) in [5.74, 6) is 0.129. The number of hydrogen-bond donors (Lipinski definition) is 1. The van der Waals surface area contributed by atoms with E-state index < -0.39 is 5.60 Å². The van der Waals surface area contributed by atoms with E-state index in [0.29, 0.717) is 0 Å². The molecule has 0 radical (unpaired) electrons. The molecule has 2 aromatic carbocycles. The van der Waals surface area contributed by atoms with Gasteiger partial charge in [0.05, 0.1) is 11.2 Å². The first-order chi connectivity index (χ1) is 14.6. The number of amides is 1. The number of benzene rings is 2. The Morgan fingerprint density at radius 2 is 1.97 bits per heavy atom. The minimum absolute atomic E-state index is 0.0664. The quantitative estimate of drug-likeness (QED) is 0.649. The zero-order valence-corrected chi connectivity index (χ0v) is 17.0. The molecule has 0 saturated heterocycles. The monoisotopic (exact) mass is 399 g/mol. The van der Waals surface area contributed by atoms with Gasteiger partial charge in [-0.25, -0.2) is 0 Å². The van der Waals surface area contributed by atoms with Crippen molar-refractivity contribution >= 4 is 28.2 Å². The highest BCUT2D eigenvalue weighted by Crippen LogP contribution is 2.42. The van der Waals surface area contributed by atoms with Crippen molar-refractivity contribution in [2.45, 2.75) is 38.2 Å². The van der Waals surface area contributed by atoms with Crippen molar-refractivity contribution in [3.63, 3.8) is 0 Å². The van der Waals surface area contributed by atoms with Gasteiger partial charge in [-0.15, -0.1) is 0 Å². The van der Waals surface area contributed by atoms with Crippen LogP contribution in [0.3, 0.4) is 0 Å². The Balaban J connectivity index is 1.30. The van der Waals surface area contributed by atoms with Gasteiger partial charge in [-0.2, -0.15) is 0 Å². The topological polar surface area (TPSA) is 63.6 Å². The molecule has 1 aromatic heterocycles. The van der Waals surface area contributed by atoms with Crippen LogP contribution >= 0.6 is 0 Å². The number of carbonyl (C=O) groups excluding carboxylic acids is 1. The third-order valence-electron chi connectivity index (χ3n) is 6.42. The number of carbonyl (C=O) groups is 1. The zero-order valence-electron chi connectivity index (χ0n) is 17.0. The van der Waals surface area contributed by atoms with E-state index in [2.05, 4.69) is 34.5 Å². The van der Waals surface area contributed by atoms with Crippen LogP contribution < -0.4 is 5.32 Å². The Hall–Kier alpha value is -3.21. The molecule has 30 heavy (non-hydrogen) atoms. The lowest BCUT2D eigenvalue weighted by atomic mass is 9.83. The highest BCUT2D eigenvalue weighted by atomic mass is 16.7. The summed E-state index contributed by atoms with van der Waals surface area (Å²) in [5.41, 5.74) is 3.41. The predicted octanol–water partition coefficient (Wildman–Crippen LogP) is 5.28. The van der Waals surface area contributed by atoms with Crippen LogP contribution in [0.1, 0.15) is 38.2 Å². The second-order valence-corrected chi connectivity index (χ2v) is 8.49. The second-order valence-electron chi connectivity index (χ2n) is 8.49. The first-order valence-corrected chi connectivity index (χ1v) is 10.6. The summed E-state index contributed by atoms with van der Waals surface area (Å²) < 4.78 is 0. The molecule has 152 valence electrons. The van der Waals surface area contributed by atoms with Gasteiger partial charge in [0.15, 0.2) is 5.60 Å². The maximum Gasteiger partial charge on any atom is 0.228 e. The van der Waals surface area contributed by atoms with Crippen LogP contribution in [-0.4, -0.2) is 16.6 Å². The Kier molecular flexibility index (Phi) is 4.74. The molecule has 5 heteroatoms. The van der Waals surface area contributed by atoms with Crippen molar-refractivity contribution in [3.8, 4) is 0 Å². The van der Waals surface area contributed by atoms with Gasteiger partial charge in [-0.05, 0) is 49.6 Å². The van der Waals surface area contributed by atoms with Crippen LogP contribution in [0.4, 0.5) is 5.69 Å². The van der Waals surface area contributed by atoms with Gasteiger partial charge in [0.25, 0.3) is 0 Å². The van der Waals surface area contributed by atoms with Crippen molar-refractivity contribution in [1.29, 1.82) is 0 Å². The molecule has 0 spiro atoms. The number of pyridine rings is 1. The number of aromatic nitrogens is 1. The lowest BCUT2D eigenvalue weighted by molar-refractivity contribution is -0.120. The van der Waals surface area contributed by atoms with Gasteiger partial charge in [-0.3, -0.25) is 9.78 Å². The molecule has 1 unspecified atom stereocenters. The zero-order chi connectivity index (χ0) is 20.6. The second kappa shape index (κ2) is 7.56. The smallest absolute Gasteiger partial charge is 0.228 e. The predicted molar refractivity (Wildman–Crippen MR) is 118 cm³/mol. The minimum Gasteiger partial charge on any atom is -0.384 e. The number of rotatable bonds is 4. The van der Waals surface area contributed by atoms with Crippen LogP contribution in [0.2, 0.25) is 0 Å². The van der Waals surface area contributed by atoms with Crippen molar-refractivity contribution in [1.82, 2.24) is 4.98 Å². The fraction of sp³-hybridized carbons (Fsp3) is 0.320. The van der Waals surface area contributed by atoms with Crippen LogP contribution in [0.25, 0.3) is 10.9 Å². The van der Waals surface area contributed by atoms with E-state index in [1.54, 1.807) is 6.20 Å². The van der Waals surface area contributed by atoms with Gasteiger partial charge in [0.1, 0.15) is 0 Å². The average Bonchev–Trinajstić information content (AvgIpc) is 3.42. The lowest BCUT2D eigenvalue weighted by Crippen LogP contribution is -2.31. The molecule has 2 aliphatic rings. The van der Waals surface area contributed by atoms with E-state index in [-0.39, 0.29) is 17.7 Å². The number of oxime groups is 1. The Morgan fingerprint density at radius 1 is 1.10 bits per heavy atom. The van der Waals surface area contributed by atoms with Crippen LogP contribution in [0.5, 0.6) is 0 Å². The van der Waals surface area contributed by atoms with Gasteiger partial charge in [-0.1, -0.05) is 48.0 Å². The molecule has 0 bridgehead atoms. The molecule has 1 saturated carbocycles. The molecule has 1 fully saturated rings. The van der Waals surface area contributed by atoms with Crippen LogP contribution in [0, 0.1) is 11.8 Å². The van der Waals surface area contributed by atoms with E-state index >= 15 is 0 Å². The molecule has 1 N–H and O–H groups in total. The molecule has 5 nitrogen and oxygen atoms in total. The molecule has 5 rings (SSSR count). The molecule has 3 aromatic rings. The van der Waals surface area contributed by atoms with Crippen molar-refractivity contribution < 1.29 is 9.63 Å². The van der Waals surface area contributed by atoms with Crippen molar-refractivity contribution in [2.24, 2.45) is 17.0 Å². The highest BCUT2D eigenvalue weighted by Gasteiger charge is 2.44. The number of nitrogens with zero attached hydrogens (tertiary/aromatic N) is 2. The molecule has 2 heterocycles. The fourth-order valence-electron chi connectivity index (χ4n) is 4.77. The molecular weight excluding hydrogens is 374 g/mol. The van der Waals surface area contributed by atoms with Gasteiger partial charge in [0.2, 0.25) is 5.91 Å². The summed E-state index contributed by atoms with van der Waals surface area (Å²) >= 11 is 0. The summed E-state index contributed by atoms with van der Waals surface area (Å²) in [6, 6.07) is 19.9. The van der Waals surface area contributed by atoms with Crippen molar-refractivity contribution in [3.05, 3.63) is 72.4 Å². The first-order valence-electron chi connectivity index (χ1n) is 10.6. The number of anilines is 1. The standard InChI is InChI=1S/C25H25N3O2/c1-25(18-8-3-2-4-9-18)16-23(28-30-25)20-10-5-11-21(20)24(29)27-19-12-13-22-17(15-19)7-6-14-26-22/h2-4,6-9,12-15,20-21H,5,10-11,16H2,1H3,(H,27,29)/t20-,21-,25?/m1/s1. The maximum atomic E-state index is 13.1. The summed E-state index contributed by atoms with van der Waals surface area (Å²) in [6.07, 6.45) is 5.40. The average molecular weight is 399 g/mol. The Morgan fingerprint density at radius 3 is 2.83 bits per heavy atom. The fourth-order valence-corrected chi connectivity index (χ4v) is 4.77. The van der Waals surface area contributed by atoms with Crippen LogP contribution in [-0.2, 0) is 15.2 Å². The highest BCUT2D eigenvalue weighted by molar-refractivity contribution is 5.99. The third kappa shape index (κ3) is 3.45. The van der Waals surface area contributed by atoms with E-state index in [1.807, 2.05) is 48.5 Å². The van der Waals surface area contributed by atoms with Gasteiger partial charge in [0, 0.05) is 35.5 Å². The summed E-state index contributed by atoms with van der Waals surface area (Å²) in [4.78, 5) is 23.4. The molecular formula is C25H25N3O2. The number of fused-ring (bicyclic) bond motifs is 1. The summed E-state index contributed by atoms with van der Waals surface area (Å²) in [5, 5.41) is 8.59. The Labute approximate surface area is 176 Å². The SMILES string of the molecule is CC1(c2ccccc2)CC([C@@H]2CCC[C@H]2C(=O)Nc2ccc3ncccc3c2)=NO1. The first kappa shape index (κ1) is 18.8. The largest absolute Gasteiger partial charge is 0.384 e. The van der Waals surface area contributed by atoms with Crippen molar-refractivity contribution in [2.75, 3.05) is 5.32 Å². The molecule has 1 aliphatic carbocycles. The summed E-state index contributed by atoms with van der Waals surface area (Å²) in [7, 11) is 0. The maximum absolute atomic E-state index is 13.1. The van der Waals surface area contributed by atoms with E-state index in [4.69, 9.17) is 4.84 Å². The Bertz CT molecular complexity index is 1110. The van der Waals surface area contributed by atoms with Gasteiger partial charge >= 0.3 is 0 Å². The molecule has 3 atom stereocenters. The minimum atomic E-state index is -0.453. The van der Waals surface area contributed by atoms with Gasteiger partial charge < -0.3 is 10.2 Å². The van der Waals surface area contributed by atoms with E-state index in [1.165, 1.54) is 0 Å². The number of hydrogen-bond acceptors (Lipinski definition) is 4. The van der Waals surface area contributed by atoms with Crippen LogP contribution in [0.15, 0.2) is 72.0 Å². The third-order valence-corrected chi connectivity index (χ3v) is 6.42. The van der Waals surface area contributed by atoms with E-state index in [0.717, 1.165) is 53.5 Å². The normalized spacial score (nSPS) is 25.7. The number of nitrogens with one attached hydrogen (secondary N) is 1. The molecule has 1 aliphatic heterocycles. The molecule has 1 amide bonds. The summed E-state index contributed by atoms with van der Waals surface area (Å²) in [6.45, 7) is 2.08. The van der Waals surface area contributed by atoms with E-state index in [9.17, 15) is 4.79 Å². The lowest BCUT2D eigenvalue weighted by Gasteiger charge is -2.23.